The van der Waals surface area contributed by atoms with E-state index in [-0.39, 0.29) is 5.78 Å². The van der Waals surface area contributed by atoms with Crippen LogP contribution in [0.2, 0.25) is 0 Å². The van der Waals surface area contributed by atoms with E-state index < -0.39 is 5.60 Å². The number of hydrogen-bond donors (Lipinski definition) is 0. The van der Waals surface area contributed by atoms with Crippen LogP contribution < -0.4 is 0 Å². The van der Waals surface area contributed by atoms with Crippen molar-refractivity contribution in [2.45, 2.75) is 12.5 Å². The summed E-state index contributed by atoms with van der Waals surface area (Å²) in [4.78, 5) is 13.9. The van der Waals surface area contributed by atoms with Crippen molar-refractivity contribution in [3.05, 3.63) is 42.0 Å². The second-order valence-electron chi connectivity index (χ2n) is 4.67. The maximum atomic E-state index is 12.0. The topological polar surface area (TPSA) is 32.8 Å². The zero-order valence-corrected chi connectivity index (χ0v) is 10.4. The standard InChI is InChI=1S/C14H17NO2/c1-14(10-17-14)13(16)9-12(15(2)3)11-7-5-4-6-8-11/h4-9H,10H2,1-3H3/b12-9+. The molecule has 1 fully saturated rings. The van der Waals surface area contributed by atoms with Crippen molar-refractivity contribution >= 4 is 11.5 Å². The van der Waals surface area contributed by atoms with E-state index in [0.717, 1.165) is 11.3 Å². The van der Waals surface area contributed by atoms with Gasteiger partial charge < -0.3 is 9.64 Å². The van der Waals surface area contributed by atoms with Crippen LogP contribution in [0.1, 0.15) is 12.5 Å². The van der Waals surface area contributed by atoms with Crippen LogP contribution in [-0.4, -0.2) is 37.0 Å². The molecule has 1 aliphatic rings. The predicted octanol–water partition coefficient (Wildman–Crippen LogP) is 1.95. The molecule has 0 aromatic heterocycles. The normalized spacial score (nSPS) is 23.4. The van der Waals surface area contributed by atoms with Gasteiger partial charge in [0, 0.05) is 25.9 Å². The molecule has 1 aliphatic heterocycles. The number of hydrogen-bond acceptors (Lipinski definition) is 3. The maximum Gasteiger partial charge on any atom is 0.191 e. The first kappa shape index (κ1) is 11.9. The number of benzene rings is 1. The van der Waals surface area contributed by atoms with Crippen molar-refractivity contribution in [3.8, 4) is 0 Å². The number of carbonyl (C=O) groups excluding carboxylic acids is 1. The first-order chi connectivity index (χ1) is 8.03. The molecule has 3 nitrogen and oxygen atoms in total. The van der Waals surface area contributed by atoms with Gasteiger partial charge >= 0.3 is 0 Å². The average molecular weight is 231 g/mol. The van der Waals surface area contributed by atoms with Crippen molar-refractivity contribution in [2.24, 2.45) is 0 Å². The molecule has 1 saturated heterocycles. The fraction of sp³-hybridized carbons (Fsp3) is 0.357. The number of epoxide rings is 1. The highest BCUT2D eigenvalue weighted by Crippen LogP contribution is 2.29. The summed E-state index contributed by atoms with van der Waals surface area (Å²) in [5.74, 6) is 0.0325. The first-order valence-corrected chi connectivity index (χ1v) is 5.66. The van der Waals surface area contributed by atoms with Gasteiger partial charge in [0.2, 0.25) is 0 Å². The Hall–Kier alpha value is -1.61. The van der Waals surface area contributed by atoms with Crippen molar-refractivity contribution < 1.29 is 9.53 Å². The SMILES string of the molecule is CN(C)/C(=C/C(=O)C1(C)CO1)c1ccccc1. The zero-order chi connectivity index (χ0) is 12.5. The fourth-order valence-corrected chi connectivity index (χ4v) is 1.61. The number of nitrogens with zero attached hydrogens (tertiary/aromatic N) is 1. The highest BCUT2D eigenvalue weighted by Gasteiger charge is 2.45. The summed E-state index contributed by atoms with van der Waals surface area (Å²) in [6.45, 7) is 2.35. The van der Waals surface area contributed by atoms with E-state index in [1.165, 1.54) is 0 Å². The Bertz CT molecular complexity index is 445. The minimum absolute atomic E-state index is 0.0325. The van der Waals surface area contributed by atoms with E-state index in [2.05, 4.69) is 0 Å². The highest BCUT2D eigenvalue weighted by atomic mass is 16.6. The van der Waals surface area contributed by atoms with Gasteiger partial charge in [0.05, 0.1) is 6.61 Å². The van der Waals surface area contributed by atoms with Crippen LogP contribution >= 0.6 is 0 Å². The summed E-state index contributed by atoms with van der Waals surface area (Å²) >= 11 is 0. The van der Waals surface area contributed by atoms with Gasteiger partial charge in [-0.25, -0.2) is 0 Å². The molecule has 1 aromatic rings. The average Bonchev–Trinajstić information content (AvgIpc) is 3.06. The Morgan fingerprint density at radius 3 is 2.41 bits per heavy atom. The van der Waals surface area contributed by atoms with Gasteiger partial charge in [0.25, 0.3) is 0 Å². The van der Waals surface area contributed by atoms with Crippen molar-refractivity contribution in [1.29, 1.82) is 0 Å². The van der Waals surface area contributed by atoms with E-state index in [1.807, 2.05) is 56.3 Å². The van der Waals surface area contributed by atoms with E-state index in [9.17, 15) is 4.79 Å². The molecule has 2 rings (SSSR count). The van der Waals surface area contributed by atoms with Crippen molar-refractivity contribution in [2.75, 3.05) is 20.7 Å². The molecule has 0 radical (unpaired) electrons. The number of ether oxygens (including phenoxy) is 1. The summed E-state index contributed by atoms with van der Waals surface area (Å²) in [6.07, 6.45) is 1.67. The summed E-state index contributed by atoms with van der Waals surface area (Å²) in [7, 11) is 3.87. The molecular weight excluding hydrogens is 214 g/mol. The quantitative estimate of drug-likeness (QED) is 0.586. The lowest BCUT2D eigenvalue weighted by Crippen LogP contribution is -2.20. The molecule has 1 atom stereocenters. The zero-order valence-electron chi connectivity index (χ0n) is 10.4. The third kappa shape index (κ3) is 2.56. The Labute approximate surface area is 102 Å². The van der Waals surface area contributed by atoms with Crippen LogP contribution in [-0.2, 0) is 9.53 Å². The van der Waals surface area contributed by atoms with Crippen molar-refractivity contribution in [1.82, 2.24) is 4.90 Å². The molecule has 17 heavy (non-hydrogen) atoms. The van der Waals surface area contributed by atoms with Crippen LogP contribution in [0.15, 0.2) is 36.4 Å². The molecule has 0 spiro atoms. The molecule has 0 bridgehead atoms. The van der Waals surface area contributed by atoms with E-state index in [1.54, 1.807) is 6.08 Å². The number of ketones is 1. The Morgan fingerprint density at radius 2 is 1.94 bits per heavy atom. The number of rotatable bonds is 4. The number of carbonyl (C=O) groups is 1. The highest BCUT2D eigenvalue weighted by molar-refractivity contribution is 6.03. The molecule has 0 aliphatic carbocycles. The van der Waals surface area contributed by atoms with Gasteiger partial charge in [-0.05, 0) is 12.5 Å². The Balaban J connectivity index is 2.30. The lowest BCUT2D eigenvalue weighted by Gasteiger charge is -2.17. The smallest absolute Gasteiger partial charge is 0.191 e. The minimum atomic E-state index is -0.587. The monoisotopic (exact) mass is 231 g/mol. The Kier molecular flexibility index (Phi) is 3.03. The van der Waals surface area contributed by atoms with Crippen LogP contribution in [0.5, 0.6) is 0 Å². The molecule has 3 heteroatoms. The minimum Gasteiger partial charge on any atom is -0.377 e. The second kappa shape index (κ2) is 4.34. The van der Waals surface area contributed by atoms with Gasteiger partial charge in [0.15, 0.2) is 11.4 Å². The molecular formula is C14H17NO2. The lowest BCUT2D eigenvalue weighted by molar-refractivity contribution is -0.118. The van der Waals surface area contributed by atoms with Crippen LogP contribution in [0, 0.1) is 0 Å². The van der Waals surface area contributed by atoms with Gasteiger partial charge in [-0.1, -0.05) is 30.3 Å². The molecule has 0 amide bonds. The maximum absolute atomic E-state index is 12.0. The third-order valence-corrected chi connectivity index (χ3v) is 2.92. The summed E-state index contributed by atoms with van der Waals surface area (Å²) in [5.41, 5.74) is 1.36. The van der Waals surface area contributed by atoms with Gasteiger partial charge in [0.1, 0.15) is 0 Å². The van der Waals surface area contributed by atoms with E-state index >= 15 is 0 Å². The summed E-state index contributed by atoms with van der Waals surface area (Å²) in [6, 6.07) is 9.88. The molecule has 0 saturated carbocycles. The van der Waals surface area contributed by atoms with Crippen LogP contribution in [0.25, 0.3) is 5.70 Å². The Morgan fingerprint density at radius 1 is 1.35 bits per heavy atom. The van der Waals surface area contributed by atoms with Crippen LogP contribution in [0.3, 0.4) is 0 Å². The predicted molar refractivity (Wildman–Crippen MR) is 67.5 cm³/mol. The van der Waals surface area contributed by atoms with Gasteiger partial charge in [-0.2, -0.15) is 0 Å². The third-order valence-electron chi connectivity index (χ3n) is 2.92. The first-order valence-electron chi connectivity index (χ1n) is 5.66. The largest absolute Gasteiger partial charge is 0.377 e. The van der Waals surface area contributed by atoms with Crippen molar-refractivity contribution in [3.63, 3.8) is 0 Å². The van der Waals surface area contributed by atoms with Gasteiger partial charge in [-0.15, -0.1) is 0 Å². The summed E-state index contributed by atoms with van der Waals surface area (Å²) in [5, 5.41) is 0. The molecule has 0 N–H and O–H groups in total. The summed E-state index contributed by atoms with van der Waals surface area (Å²) < 4.78 is 5.16. The van der Waals surface area contributed by atoms with Gasteiger partial charge in [-0.3, -0.25) is 4.79 Å². The second-order valence-corrected chi connectivity index (χ2v) is 4.67. The molecule has 1 heterocycles. The lowest BCUT2D eigenvalue weighted by atomic mass is 10.0. The molecule has 90 valence electrons. The van der Waals surface area contributed by atoms with E-state index in [4.69, 9.17) is 4.74 Å². The van der Waals surface area contributed by atoms with Crippen LogP contribution in [0.4, 0.5) is 0 Å². The molecule has 1 aromatic carbocycles. The fourth-order valence-electron chi connectivity index (χ4n) is 1.61. The molecule has 1 unspecified atom stereocenters. The van der Waals surface area contributed by atoms with E-state index in [0.29, 0.717) is 6.61 Å².